The van der Waals surface area contributed by atoms with Crippen LogP contribution in [0.4, 0.5) is 0 Å². The van der Waals surface area contributed by atoms with E-state index in [1.807, 2.05) is 19.9 Å². The molecule has 0 heterocycles. The fourth-order valence-electron chi connectivity index (χ4n) is 3.46. The Balaban J connectivity index is 4.44. The van der Waals surface area contributed by atoms with Gasteiger partial charge >= 0.3 is 5.97 Å². The first-order chi connectivity index (χ1) is 10.6. The van der Waals surface area contributed by atoms with Gasteiger partial charge in [-0.15, -0.1) is 0 Å². The maximum absolute atomic E-state index is 12.3. The lowest BCUT2D eigenvalue weighted by Gasteiger charge is -2.27. The van der Waals surface area contributed by atoms with Gasteiger partial charge in [-0.3, -0.25) is 4.79 Å². The van der Waals surface area contributed by atoms with Gasteiger partial charge < -0.3 is 4.74 Å². The molecule has 0 bridgehead atoms. The summed E-state index contributed by atoms with van der Waals surface area (Å²) < 4.78 is 5.50. The van der Waals surface area contributed by atoms with Crippen LogP contribution in [0.25, 0.3) is 0 Å². The van der Waals surface area contributed by atoms with Gasteiger partial charge in [0, 0.05) is 0 Å². The van der Waals surface area contributed by atoms with E-state index < -0.39 is 5.41 Å². The van der Waals surface area contributed by atoms with Crippen LogP contribution in [-0.2, 0) is 9.53 Å². The highest BCUT2D eigenvalue weighted by atomic mass is 16.5. The molecule has 0 amide bonds. The van der Waals surface area contributed by atoms with E-state index >= 15 is 0 Å². The van der Waals surface area contributed by atoms with E-state index in [1.54, 1.807) is 0 Å². The zero-order valence-electron chi connectivity index (χ0n) is 16.9. The van der Waals surface area contributed by atoms with Gasteiger partial charge in [0.05, 0.1) is 5.41 Å². The minimum atomic E-state index is -0.394. The highest BCUT2D eigenvalue weighted by Gasteiger charge is 2.30. The normalized spacial score (nSPS) is 16.6. The molecule has 0 aliphatic heterocycles. The zero-order valence-corrected chi connectivity index (χ0v) is 16.9. The van der Waals surface area contributed by atoms with E-state index in [2.05, 4.69) is 47.6 Å². The van der Waals surface area contributed by atoms with Gasteiger partial charge in [0.15, 0.2) is 0 Å². The summed E-state index contributed by atoms with van der Waals surface area (Å²) in [6, 6.07) is 0. The van der Waals surface area contributed by atoms with Crippen molar-refractivity contribution in [3.8, 4) is 0 Å². The second kappa shape index (κ2) is 10.2. The molecule has 0 fully saturated rings. The number of allylic oxidation sites excluding steroid dienone is 1. The van der Waals surface area contributed by atoms with Gasteiger partial charge in [0.25, 0.3) is 0 Å². The molecule has 136 valence electrons. The van der Waals surface area contributed by atoms with Crippen molar-refractivity contribution >= 4 is 5.97 Å². The summed E-state index contributed by atoms with van der Waals surface area (Å²) in [7, 11) is 0. The van der Waals surface area contributed by atoms with Crippen molar-refractivity contribution in [1.29, 1.82) is 0 Å². The predicted octanol–water partition coefficient (Wildman–Crippen LogP) is 6.40. The molecule has 2 unspecified atom stereocenters. The number of carbonyl (C=O) groups is 1. The average molecular weight is 325 g/mol. The van der Waals surface area contributed by atoms with Crippen molar-refractivity contribution in [1.82, 2.24) is 0 Å². The van der Waals surface area contributed by atoms with E-state index in [0.29, 0.717) is 18.4 Å². The van der Waals surface area contributed by atoms with Crippen molar-refractivity contribution in [3.05, 3.63) is 12.2 Å². The Morgan fingerprint density at radius 3 is 2.17 bits per heavy atom. The third-order valence-corrected chi connectivity index (χ3v) is 4.71. The van der Waals surface area contributed by atoms with Crippen LogP contribution in [0.5, 0.6) is 0 Å². The minimum Gasteiger partial charge on any atom is -0.461 e. The molecule has 0 aromatic carbocycles. The molecule has 0 N–H and O–H groups in total. The molecule has 0 aromatic rings. The van der Waals surface area contributed by atoms with Crippen LogP contribution in [0, 0.1) is 22.7 Å². The second-order valence-electron chi connectivity index (χ2n) is 8.59. The Bertz CT molecular complexity index is 368. The van der Waals surface area contributed by atoms with E-state index in [9.17, 15) is 4.79 Å². The molecule has 0 radical (unpaired) electrons. The highest BCUT2D eigenvalue weighted by molar-refractivity contribution is 5.75. The Labute approximate surface area is 145 Å². The monoisotopic (exact) mass is 324 g/mol. The van der Waals surface area contributed by atoms with E-state index in [-0.39, 0.29) is 11.4 Å². The fraction of sp³-hybridized carbons (Fsp3) is 0.857. The third kappa shape index (κ3) is 9.17. The predicted molar refractivity (Wildman–Crippen MR) is 100 cm³/mol. The van der Waals surface area contributed by atoms with Gasteiger partial charge in [-0.25, -0.2) is 0 Å². The first-order valence-electron chi connectivity index (χ1n) is 9.41. The molecule has 2 heteroatoms. The van der Waals surface area contributed by atoms with Crippen LogP contribution >= 0.6 is 0 Å². The lowest BCUT2D eigenvalue weighted by molar-refractivity contribution is -0.153. The number of esters is 1. The molecule has 0 aliphatic carbocycles. The molecule has 0 saturated heterocycles. The molecular weight excluding hydrogens is 284 g/mol. The van der Waals surface area contributed by atoms with Crippen molar-refractivity contribution < 1.29 is 9.53 Å². The van der Waals surface area contributed by atoms with Crippen LogP contribution < -0.4 is 0 Å². The standard InChI is InChI=1S/C21H40O2/c1-9-12-18(5)16-20(6,7)19(22)23-14-11-13-21(8,10-2)15-17(3)4/h11,13,17-18H,9-10,12,14-16H2,1-8H3. The summed E-state index contributed by atoms with van der Waals surface area (Å²) in [5, 5.41) is 0. The van der Waals surface area contributed by atoms with E-state index in [4.69, 9.17) is 4.74 Å². The molecule has 23 heavy (non-hydrogen) atoms. The van der Waals surface area contributed by atoms with Crippen molar-refractivity contribution in [2.24, 2.45) is 22.7 Å². The van der Waals surface area contributed by atoms with Gasteiger partial charge in [0.2, 0.25) is 0 Å². The first kappa shape index (κ1) is 22.2. The van der Waals surface area contributed by atoms with Crippen LogP contribution in [0.15, 0.2) is 12.2 Å². The average Bonchev–Trinajstić information content (AvgIpc) is 2.42. The molecule has 0 aromatic heterocycles. The lowest BCUT2D eigenvalue weighted by atomic mass is 9.79. The Hall–Kier alpha value is -0.790. The quantitative estimate of drug-likeness (QED) is 0.324. The van der Waals surface area contributed by atoms with Crippen LogP contribution in [-0.4, -0.2) is 12.6 Å². The summed E-state index contributed by atoms with van der Waals surface area (Å²) >= 11 is 0. The topological polar surface area (TPSA) is 26.3 Å². The van der Waals surface area contributed by atoms with Crippen molar-refractivity contribution in [2.75, 3.05) is 6.61 Å². The van der Waals surface area contributed by atoms with Gasteiger partial charge in [-0.1, -0.05) is 66.5 Å². The summed E-state index contributed by atoms with van der Waals surface area (Å²) in [6.07, 6.45) is 9.75. The molecule has 0 aliphatic rings. The van der Waals surface area contributed by atoms with E-state index in [0.717, 1.165) is 19.3 Å². The lowest BCUT2D eigenvalue weighted by Crippen LogP contribution is -2.29. The van der Waals surface area contributed by atoms with Crippen LogP contribution in [0.1, 0.15) is 87.5 Å². The summed E-state index contributed by atoms with van der Waals surface area (Å²) in [5.74, 6) is 1.16. The third-order valence-electron chi connectivity index (χ3n) is 4.71. The van der Waals surface area contributed by atoms with Crippen molar-refractivity contribution in [3.63, 3.8) is 0 Å². The van der Waals surface area contributed by atoms with Gasteiger partial charge in [0.1, 0.15) is 6.61 Å². The second-order valence-corrected chi connectivity index (χ2v) is 8.59. The SMILES string of the molecule is CCCC(C)CC(C)(C)C(=O)OCC=CC(C)(CC)CC(C)C. The first-order valence-corrected chi connectivity index (χ1v) is 9.41. The Kier molecular flexibility index (Phi) is 9.80. The molecule has 0 saturated carbocycles. The largest absolute Gasteiger partial charge is 0.461 e. The number of hydrogen-bond acceptors (Lipinski definition) is 2. The van der Waals surface area contributed by atoms with Crippen molar-refractivity contribution in [2.45, 2.75) is 87.5 Å². The molecule has 0 rings (SSSR count). The maximum Gasteiger partial charge on any atom is 0.311 e. The van der Waals surface area contributed by atoms with Gasteiger partial charge in [-0.05, 0) is 50.4 Å². The summed E-state index contributed by atoms with van der Waals surface area (Å²) in [6.45, 7) is 17.8. The smallest absolute Gasteiger partial charge is 0.311 e. The zero-order chi connectivity index (χ0) is 18.1. The molecular formula is C21H40O2. The molecule has 0 spiro atoms. The number of hydrogen-bond donors (Lipinski definition) is 0. The van der Waals surface area contributed by atoms with Crippen LogP contribution in [0.2, 0.25) is 0 Å². The highest BCUT2D eigenvalue weighted by Crippen LogP contribution is 2.31. The molecule has 2 atom stereocenters. The molecule has 2 nitrogen and oxygen atoms in total. The Morgan fingerprint density at radius 1 is 1.09 bits per heavy atom. The minimum absolute atomic E-state index is 0.0767. The summed E-state index contributed by atoms with van der Waals surface area (Å²) in [5.41, 5.74) is -0.194. The van der Waals surface area contributed by atoms with Gasteiger partial charge in [-0.2, -0.15) is 0 Å². The van der Waals surface area contributed by atoms with Crippen LogP contribution in [0.3, 0.4) is 0 Å². The summed E-state index contributed by atoms with van der Waals surface area (Å²) in [4.78, 5) is 12.3. The maximum atomic E-state index is 12.3. The fourth-order valence-corrected chi connectivity index (χ4v) is 3.46. The number of rotatable bonds is 11. The number of ether oxygens (including phenoxy) is 1. The van der Waals surface area contributed by atoms with E-state index in [1.165, 1.54) is 12.8 Å². The number of carbonyl (C=O) groups excluding carboxylic acids is 1. The Morgan fingerprint density at radius 2 is 1.70 bits per heavy atom.